The molecule has 0 aromatic heterocycles. The zero-order valence-corrected chi connectivity index (χ0v) is 14.2. The van der Waals surface area contributed by atoms with Crippen LogP contribution in [0.15, 0.2) is 42.5 Å². The molecule has 0 spiro atoms. The molecule has 0 radical (unpaired) electrons. The lowest BCUT2D eigenvalue weighted by atomic mass is 10.1. The quantitative estimate of drug-likeness (QED) is 0.860. The second-order valence-electron chi connectivity index (χ2n) is 6.53. The number of ether oxygens (including phenoxy) is 1. The summed E-state index contributed by atoms with van der Waals surface area (Å²) in [6.45, 7) is 0.635. The maximum Gasteiger partial charge on any atom is 0.414 e. The van der Waals surface area contributed by atoms with Crippen molar-refractivity contribution < 1.29 is 23.1 Å². The minimum atomic E-state index is -0.612. The van der Waals surface area contributed by atoms with Crippen LogP contribution in [0, 0.1) is 11.6 Å². The van der Waals surface area contributed by atoms with E-state index in [0.29, 0.717) is 18.7 Å². The van der Waals surface area contributed by atoms with Gasteiger partial charge in [-0.3, -0.25) is 4.90 Å². The highest BCUT2D eigenvalue weighted by Gasteiger charge is 2.39. The summed E-state index contributed by atoms with van der Waals surface area (Å²) in [5.41, 5.74) is 1.23. The van der Waals surface area contributed by atoms with E-state index in [4.69, 9.17) is 4.74 Å². The number of carbonyl (C=O) groups is 2. The molecule has 3 amide bonds. The van der Waals surface area contributed by atoms with Crippen molar-refractivity contribution in [2.45, 2.75) is 18.4 Å². The topological polar surface area (TPSA) is 70.7 Å². The highest BCUT2D eigenvalue weighted by molar-refractivity contribution is 5.93. The standard InChI is InChI=1S/C19H17F2N3O3/c20-12-3-1-2-11(8-12)14-10-16(14)22-18(25)23-17-9-13(4-5-15(17)21)24-6-7-27-19(24)26/h1-5,8-9,14,16H,6-7,10H2,(H2,22,23,25)/t14-,16-/m1/s1. The number of cyclic esters (lactones) is 1. The SMILES string of the molecule is O=C(Nc1cc(N2CCOC2=O)ccc1F)N[C@@H]1C[C@@H]1c1cccc(F)c1. The number of rotatable bonds is 4. The average molecular weight is 373 g/mol. The Labute approximate surface area is 154 Å². The van der Waals surface area contributed by atoms with Crippen LogP contribution in [0.3, 0.4) is 0 Å². The molecule has 2 aromatic carbocycles. The zero-order chi connectivity index (χ0) is 19.0. The predicted octanol–water partition coefficient (Wildman–Crippen LogP) is 3.60. The van der Waals surface area contributed by atoms with Crippen molar-refractivity contribution in [2.24, 2.45) is 0 Å². The fraction of sp³-hybridized carbons (Fsp3) is 0.263. The number of nitrogens with one attached hydrogen (secondary N) is 2. The third-order valence-corrected chi connectivity index (χ3v) is 4.65. The fourth-order valence-corrected chi connectivity index (χ4v) is 3.19. The van der Waals surface area contributed by atoms with Gasteiger partial charge in [-0.05, 0) is 42.3 Å². The summed E-state index contributed by atoms with van der Waals surface area (Å²) in [6.07, 6.45) is 0.187. The predicted molar refractivity (Wildman–Crippen MR) is 94.8 cm³/mol. The molecule has 1 aliphatic heterocycles. The first-order chi connectivity index (χ1) is 13.0. The summed E-state index contributed by atoms with van der Waals surface area (Å²) in [5.74, 6) is -0.886. The number of hydrogen-bond donors (Lipinski definition) is 2. The average Bonchev–Trinajstić information content (AvgIpc) is 3.26. The van der Waals surface area contributed by atoms with E-state index in [2.05, 4.69) is 10.6 Å². The van der Waals surface area contributed by atoms with Crippen molar-refractivity contribution in [3.8, 4) is 0 Å². The van der Waals surface area contributed by atoms with E-state index in [0.717, 1.165) is 5.56 Å². The monoisotopic (exact) mass is 373 g/mol. The van der Waals surface area contributed by atoms with Crippen molar-refractivity contribution in [2.75, 3.05) is 23.4 Å². The second kappa shape index (κ2) is 6.86. The Kier molecular flexibility index (Phi) is 4.39. The maximum atomic E-state index is 14.0. The Morgan fingerprint density at radius 3 is 2.78 bits per heavy atom. The van der Waals surface area contributed by atoms with Crippen LogP contribution in [0.1, 0.15) is 17.9 Å². The van der Waals surface area contributed by atoms with Crippen molar-refractivity contribution in [1.29, 1.82) is 0 Å². The van der Waals surface area contributed by atoms with E-state index >= 15 is 0 Å². The van der Waals surface area contributed by atoms with Crippen molar-refractivity contribution in [3.63, 3.8) is 0 Å². The molecule has 2 fully saturated rings. The zero-order valence-electron chi connectivity index (χ0n) is 14.2. The largest absolute Gasteiger partial charge is 0.447 e. The summed E-state index contributed by atoms with van der Waals surface area (Å²) < 4.78 is 32.2. The molecule has 0 bridgehead atoms. The van der Waals surface area contributed by atoms with Crippen LogP contribution in [0.5, 0.6) is 0 Å². The second-order valence-corrected chi connectivity index (χ2v) is 6.53. The van der Waals surface area contributed by atoms with Gasteiger partial charge < -0.3 is 15.4 Å². The van der Waals surface area contributed by atoms with E-state index in [1.807, 2.05) is 6.07 Å². The normalized spacial score (nSPS) is 21.0. The molecule has 6 nitrogen and oxygen atoms in total. The van der Waals surface area contributed by atoms with E-state index < -0.39 is 17.9 Å². The molecule has 1 aliphatic carbocycles. The lowest BCUT2D eigenvalue weighted by Crippen LogP contribution is -2.31. The molecule has 2 aliphatic rings. The first-order valence-electron chi connectivity index (χ1n) is 8.58. The molecule has 8 heteroatoms. The highest BCUT2D eigenvalue weighted by atomic mass is 19.1. The number of urea groups is 1. The summed E-state index contributed by atoms with van der Waals surface area (Å²) in [7, 11) is 0. The van der Waals surface area contributed by atoms with Crippen molar-refractivity contribution in [3.05, 3.63) is 59.7 Å². The molecule has 140 valence electrons. The highest BCUT2D eigenvalue weighted by Crippen LogP contribution is 2.41. The fourth-order valence-electron chi connectivity index (χ4n) is 3.19. The first-order valence-corrected chi connectivity index (χ1v) is 8.58. The van der Waals surface area contributed by atoms with Gasteiger partial charge in [0.1, 0.15) is 18.2 Å². The molecule has 1 saturated heterocycles. The van der Waals surface area contributed by atoms with Gasteiger partial charge >= 0.3 is 12.1 Å². The van der Waals surface area contributed by atoms with Gasteiger partial charge in [0.25, 0.3) is 0 Å². The lowest BCUT2D eigenvalue weighted by Gasteiger charge is -2.15. The van der Waals surface area contributed by atoms with Crippen LogP contribution in [-0.4, -0.2) is 31.3 Å². The molecule has 4 rings (SSSR count). The molecule has 2 N–H and O–H groups in total. The van der Waals surface area contributed by atoms with Gasteiger partial charge in [-0.15, -0.1) is 0 Å². The summed E-state index contributed by atoms with van der Waals surface area (Å²) in [5, 5.41) is 5.22. The van der Waals surface area contributed by atoms with Gasteiger partial charge in [0.2, 0.25) is 0 Å². The molecule has 27 heavy (non-hydrogen) atoms. The van der Waals surface area contributed by atoms with Crippen LogP contribution in [0.4, 0.5) is 29.7 Å². The van der Waals surface area contributed by atoms with E-state index in [1.165, 1.54) is 35.2 Å². The Morgan fingerprint density at radius 2 is 2.04 bits per heavy atom. The molecule has 1 heterocycles. The first kappa shape index (κ1) is 17.3. The Balaban J connectivity index is 1.39. The van der Waals surface area contributed by atoms with Crippen LogP contribution in [-0.2, 0) is 4.74 Å². The van der Waals surface area contributed by atoms with Gasteiger partial charge in [0.15, 0.2) is 0 Å². The van der Waals surface area contributed by atoms with Crippen molar-refractivity contribution in [1.82, 2.24) is 5.32 Å². The molecular formula is C19H17F2N3O3. The van der Waals surface area contributed by atoms with Gasteiger partial charge in [-0.1, -0.05) is 12.1 Å². The van der Waals surface area contributed by atoms with Gasteiger partial charge in [0, 0.05) is 17.6 Å². The van der Waals surface area contributed by atoms with Crippen LogP contribution in [0.25, 0.3) is 0 Å². The third kappa shape index (κ3) is 3.69. The number of amides is 3. The number of nitrogens with zero attached hydrogens (tertiary/aromatic N) is 1. The van der Waals surface area contributed by atoms with Crippen LogP contribution in [0.2, 0.25) is 0 Å². The summed E-state index contributed by atoms with van der Waals surface area (Å²) in [4.78, 5) is 25.2. The number of anilines is 2. The Bertz CT molecular complexity index is 906. The van der Waals surface area contributed by atoms with Crippen molar-refractivity contribution >= 4 is 23.5 Å². The van der Waals surface area contributed by atoms with Crippen LogP contribution >= 0.6 is 0 Å². The molecular weight excluding hydrogens is 356 g/mol. The third-order valence-electron chi connectivity index (χ3n) is 4.65. The van der Waals surface area contributed by atoms with E-state index in [-0.39, 0.29) is 30.1 Å². The number of hydrogen-bond acceptors (Lipinski definition) is 3. The Morgan fingerprint density at radius 1 is 1.19 bits per heavy atom. The number of carbonyl (C=O) groups excluding carboxylic acids is 2. The number of halogens is 2. The smallest absolute Gasteiger partial charge is 0.414 e. The summed E-state index contributed by atoms with van der Waals surface area (Å²) >= 11 is 0. The molecule has 2 aromatic rings. The maximum absolute atomic E-state index is 14.0. The van der Waals surface area contributed by atoms with E-state index in [1.54, 1.807) is 6.07 Å². The molecule has 0 unspecified atom stereocenters. The summed E-state index contributed by atoms with van der Waals surface area (Å²) in [6, 6.07) is 9.59. The van der Waals surface area contributed by atoms with E-state index in [9.17, 15) is 18.4 Å². The van der Waals surface area contributed by atoms with Gasteiger partial charge in [-0.2, -0.15) is 0 Å². The minimum absolute atomic E-state index is 0.0346. The molecule has 1 saturated carbocycles. The Hall–Kier alpha value is -3.16. The number of benzene rings is 2. The molecule has 2 atom stereocenters. The van der Waals surface area contributed by atoms with Gasteiger partial charge in [0.05, 0.1) is 12.2 Å². The minimum Gasteiger partial charge on any atom is -0.447 e. The lowest BCUT2D eigenvalue weighted by molar-refractivity contribution is 0.181. The van der Waals surface area contributed by atoms with Gasteiger partial charge in [-0.25, -0.2) is 18.4 Å². The van der Waals surface area contributed by atoms with Crippen LogP contribution < -0.4 is 15.5 Å².